The number of carbonyl (C=O) groups is 1. The quantitative estimate of drug-likeness (QED) is 0.730. The van der Waals surface area contributed by atoms with E-state index in [4.69, 9.17) is 9.84 Å². The number of sulfonamides is 1. The van der Waals surface area contributed by atoms with Gasteiger partial charge in [0.25, 0.3) is 10.0 Å². The average Bonchev–Trinajstić information content (AvgIpc) is 2.15. The largest absolute Gasteiger partial charge is 0.478 e. The molecule has 2 N–H and O–H groups in total. The summed E-state index contributed by atoms with van der Waals surface area (Å²) in [6.45, 7) is 0. The second-order valence-corrected chi connectivity index (χ2v) is 4.66. The Hall–Kier alpha value is -1.76. The molecule has 0 unspecified atom stereocenters. The molecule has 0 saturated heterocycles. The summed E-state index contributed by atoms with van der Waals surface area (Å²) in [6.07, 6.45) is 0. The minimum Gasteiger partial charge on any atom is -0.478 e. The van der Waals surface area contributed by atoms with Gasteiger partial charge in [0.2, 0.25) is 5.94 Å². The van der Waals surface area contributed by atoms with E-state index >= 15 is 0 Å². The van der Waals surface area contributed by atoms with Crippen LogP contribution < -0.4 is 9.46 Å². The lowest BCUT2D eigenvalue weighted by molar-refractivity contribution is 0.0697. The first-order valence-electron chi connectivity index (χ1n) is 3.98. The molecule has 0 radical (unpaired) electrons. The van der Waals surface area contributed by atoms with Crippen molar-refractivity contribution in [3.05, 3.63) is 23.8 Å². The summed E-state index contributed by atoms with van der Waals surface area (Å²) >= 11 is 0. The van der Waals surface area contributed by atoms with Crippen LogP contribution in [0.1, 0.15) is 10.4 Å². The highest BCUT2D eigenvalue weighted by molar-refractivity contribution is 7.92. The zero-order valence-electron chi connectivity index (χ0n) is 7.43. The van der Waals surface area contributed by atoms with E-state index in [1.807, 2.05) is 0 Å². The lowest BCUT2D eigenvalue weighted by atomic mass is 10.2. The van der Waals surface area contributed by atoms with Gasteiger partial charge in [0.1, 0.15) is 5.75 Å². The third-order valence-electron chi connectivity index (χ3n) is 1.86. The van der Waals surface area contributed by atoms with Gasteiger partial charge in [-0.15, -0.1) is 0 Å². The van der Waals surface area contributed by atoms with Crippen molar-refractivity contribution in [2.75, 3.05) is 10.7 Å². The highest BCUT2D eigenvalue weighted by Gasteiger charge is 2.22. The summed E-state index contributed by atoms with van der Waals surface area (Å²) in [5.74, 6) is -1.25. The summed E-state index contributed by atoms with van der Waals surface area (Å²) in [6, 6.07) is 3.98. The molecule has 2 rings (SSSR count). The van der Waals surface area contributed by atoms with Crippen LogP contribution >= 0.6 is 0 Å². The first kappa shape index (κ1) is 9.78. The van der Waals surface area contributed by atoms with Crippen molar-refractivity contribution in [2.24, 2.45) is 0 Å². The maximum Gasteiger partial charge on any atom is 0.335 e. The summed E-state index contributed by atoms with van der Waals surface area (Å²) in [5, 5.41) is 8.70. The number of hydrogen-bond donors (Lipinski definition) is 2. The van der Waals surface area contributed by atoms with Crippen LogP contribution in [-0.4, -0.2) is 25.4 Å². The number of anilines is 1. The fourth-order valence-corrected chi connectivity index (χ4v) is 2.04. The van der Waals surface area contributed by atoms with Crippen LogP contribution in [0.15, 0.2) is 18.2 Å². The molecule has 0 atom stereocenters. The van der Waals surface area contributed by atoms with E-state index in [9.17, 15) is 13.2 Å². The number of carboxylic acids is 1. The number of ether oxygens (including phenoxy) is 1. The van der Waals surface area contributed by atoms with Crippen molar-refractivity contribution in [2.45, 2.75) is 0 Å². The standard InChI is InChI=1S/C8H7NO5S/c10-8(11)5-1-2-7-6(3-5)9-15(12,13)4-14-7/h1-3,9H,4H2,(H,10,11). The highest BCUT2D eigenvalue weighted by atomic mass is 32.2. The summed E-state index contributed by atoms with van der Waals surface area (Å²) in [7, 11) is -3.50. The van der Waals surface area contributed by atoms with Gasteiger partial charge in [-0.25, -0.2) is 13.2 Å². The minimum atomic E-state index is -3.50. The van der Waals surface area contributed by atoms with E-state index in [0.29, 0.717) is 5.75 Å². The van der Waals surface area contributed by atoms with Crippen LogP contribution in [0.4, 0.5) is 5.69 Å². The van der Waals surface area contributed by atoms with Crippen molar-refractivity contribution in [1.29, 1.82) is 0 Å². The van der Waals surface area contributed by atoms with E-state index in [1.54, 1.807) is 0 Å². The van der Waals surface area contributed by atoms with Gasteiger partial charge < -0.3 is 9.84 Å². The normalized spacial score (nSPS) is 17.1. The first-order chi connectivity index (χ1) is 6.98. The van der Waals surface area contributed by atoms with Crippen LogP contribution in [0.5, 0.6) is 5.75 Å². The molecular weight excluding hydrogens is 222 g/mol. The molecule has 6 nitrogen and oxygen atoms in total. The van der Waals surface area contributed by atoms with Gasteiger partial charge in [0.05, 0.1) is 11.3 Å². The second kappa shape index (κ2) is 3.13. The zero-order chi connectivity index (χ0) is 11.1. The Labute approximate surface area is 85.5 Å². The molecule has 7 heteroatoms. The monoisotopic (exact) mass is 229 g/mol. The Morgan fingerprint density at radius 2 is 2.20 bits per heavy atom. The number of nitrogens with one attached hydrogen (secondary N) is 1. The first-order valence-corrected chi connectivity index (χ1v) is 5.64. The van der Waals surface area contributed by atoms with Crippen molar-refractivity contribution in [3.63, 3.8) is 0 Å². The van der Waals surface area contributed by atoms with Crippen LogP contribution in [-0.2, 0) is 10.0 Å². The summed E-state index contributed by atoms with van der Waals surface area (Å²) in [4.78, 5) is 10.6. The molecule has 80 valence electrons. The third kappa shape index (κ3) is 1.86. The molecule has 1 aromatic rings. The molecule has 0 saturated carbocycles. The Morgan fingerprint density at radius 1 is 1.47 bits per heavy atom. The van der Waals surface area contributed by atoms with E-state index in [1.165, 1.54) is 18.2 Å². The molecule has 0 fully saturated rings. The summed E-state index contributed by atoms with van der Waals surface area (Å²) < 4.78 is 29.4. The van der Waals surface area contributed by atoms with Gasteiger partial charge in [-0.1, -0.05) is 0 Å². The number of rotatable bonds is 1. The Bertz CT molecular complexity index is 522. The molecule has 1 aliphatic rings. The maximum absolute atomic E-state index is 11.1. The lowest BCUT2D eigenvalue weighted by Crippen LogP contribution is -2.25. The third-order valence-corrected chi connectivity index (χ3v) is 2.82. The molecule has 1 aliphatic heterocycles. The fourth-order valence-electron chi connectivity index (χ4n) is 1.21. The molecule has 0 bridgehead atoms. The van der Waals surface area contributed by atoms with E-state index in [0.717, 1.165) is 0 Å². The van der Waals surface area contributed by atoms with Gasteiger partial charge in [0, 0.05) is 0 Å². The second-order valence-electron chi connectivity index (χ2n) is 3.00. The topological polar surface area (TPSA) is 92.7 Å². The SMILES string of the molecule is O=C(O)c1ccc2c(c1)NS(=O)(=O)CO2. The Morgan fingerprint density at radius 3 is 2.87 bits per heavy atom. The number of aromatic carboxylic acids is 1. The van der Waals surface area contributed by atoms with Crippen molar-refractivity contribution < 1.29 is 23.1 Å². The molecule has 0 aliphatic carbocycles. The number of benzene rings is 1. The van der Waals surface area contributed by atoms with E-state index in [2.05, 4.69) is 4.72 Å². The van der Waals surface area contributed by atoms with Crippen LogP contribution in [0.25, 0.3) is 0 Å². The predicted octanol–water partition coefficient (Wildman–Crippen LogP) is 0.476. The smallest absolute Gasteiger partial charge is 0.335 e. The van der Waals surface area contributed by atoms with E-state index in [-0.39, 0.29) is 11.3 Å². The van der Waals surface area contributed by atoms with Crippen molar-refractivity contribution >= 4 is 21.7 Å². The Balaban J connectivity index is 2.48. The maximum atomic E-state index is 11.1. The fraction of sp³-hybridized carbons (Fsp3) is 0.125. The van der Waals surface area contributed by atoms with Crippen LogP contribution in [0, 0.1) is 0 Å². The molecule has 1 aromatic carbocycles. The van der Waals surface area contributed by atoms with Gasteiger partial charge in [0.15, 0.2) is 0 Å². The number of fused-ring (bicyclic) bond motifs is 1. The van der Waals surface area contributed by atoms with Gasteiger partial charge >= 0.3 is 5.97 Å². The van der Waals surface area contributed by atoms with Gasteiger partial charge in [-0.05, 0) is 18.2 Å². The number of hydrogen-bond acceptors (Lipinski definition) is 4. The molecule has 15 heavy (non-hydrogen) atoms. The molecule has 0 amide bonds. The molecule has 0 spiro atoms. The molecule has 1 heterocycles. The predicted molar refractivity (Wildman–Crippen MR) is 51.4 cm³/mol. The lowest BCUT2D eigenvalue weighted by Gasteiger charge is -2.19. The van der Waals surface area contributed by atoms with Crippen molar-refractivity contribution in [1.82, 2.24) is 0 Å². The van der Waals surface area contributed by atoms with Crippen molar-refractivity contribution in [3.8, 4) is 5.75 Å². The molecule has 0 aromatic heterocycles. The average molecular weight is 229 g/mol. The Kier molecular flexibility index (Phi) is 2.04. The van der Waals surface area contributed by atoms with Crippen LogP contribution in [0.3, 0.4) is 0 Å². The minimum absolute atomic E-state index is 0.00181. The highest BCUT2D eigenvalue weighted by Crippen LogP contribution is 2.30. The molecular formula is C8H7NO5S. The van der Waals surface area contributed by atoms with Crippen LogP contribution in [0.2, 0.25) is 0 Å². The van der Waals surface area contributed by atoms with Gasteiger partial charge in [-0.2, -0.15) is 0 Å². The zero-order valence-corrected chi connectivity index (χ0v) is 8.24. The summed E-state index contributed by atoms with van der Waals surface area (Å²) in [5.41, 5.74) is 0.156. The number of carboxylic acid groups (broad SMARTS) is 1. The van der Waals surface area contributed by atoms with Gasteiger partial charge in [-0.3, -0.25) is 4.72 Å². The van der Waals surface area contributed by atoms with E-state index < -0.39 is 21.9 Å².